The Kier molecular flexibility index (Phi) is 7.63. The number of carbonyl (C=O) groups excluding carboxylic acids is 1. The number of ether oxygens (including phenoxy) is 1. The molecule has 4 aromatic rings. The topological polar surface area (TPSA) is 101 Å². The van der Waals surface area contributed by atoms with Gasteiger partial charge in [0.05, 0.1) is 36.5 Å². The van der Waals surface area contributed by atoms with Gasteiger partial charge in [-0.3, -0.25) is 4.79 Å². The molecule has 7 nitrogen and oxygen atoms in total. The van der Waals surface area contributed by atoms with Gasteiger partial charge in [-0.15, -0.1) is 0 Å². The van der Waals surface area contributed by atoms with E-state index in [1.54, 1.807) is 0 Å². The Morgan fingerprint density at radius 3 is 2.46 bits per heavy atom. The minimum absolute atomic E-state index is 0.155. The Bertz CT molecular complexity index is 1370. The number of nitrogens with one attached hydrogen (secondary N) is 2. The summed E-state index contributed by atoms with van der Waals surface area (Å²) in [5.41, 5.74) is 2.00. The molecule has 0 bridgehead atoms. The SMILES string of the molecule is C[C@H](OCc1ccccc1)[C@@H](CC(c1cccc2ccccc12)S(C)(=O)=O)NC(=O)c1cnc[nH]1. The lowest BCUT2D eigenvalue weighted by molar-refractivity contribution is 0.0239. The zero-order chi connectivity index (χ0) is 24.8. The predicted molar refractivity (Wildman–Crippen MR) is 137 cm³/mol. The van der Waals surface area contributed by atoms with E-state index in [9.17, 15) is 13.2 Å². The van der Waals surface area contributed by atoms with Gasteiger partial charge < -0.3 is 15.0 Å². The van der Waals surface area contributed by atoms with Gasteiger partial charge in [0.2, 0.25) is 0 Å². The maximum atomic E-state index is 13.1. The van der Waals surface area contributed by atoms with Crippen LogP contribution in [0.15, 0.2) is 85.3 Å². The highest BCUT2D eigenvalue weighted by atomic mass is 32.2. The summed E-state index contributed by atoms with van der Waals surface area (Å²) in [6, 6.07) is 22.5. The average molecular weight is 492 g/mol. The number of benzene rings is 3. The van der Waals surface area contributed by atoms with Gasteiger partial charge >= 0.3 is 0 Å². The van der Waals surface area contributed by atoms with E-state index in [2.05, 4.69) is 15.3 Å². The van der Waals surface area contributed by atoms with Crippen molar-refractivity contribution in [3.63, 3.8) is 0 Å². The number of amides is 1. The molecule has 3 aromatic carbocycles. The summed E-state index contributed by atoms with van der Waals surface area (Å²) in [7, 11) is -3.52. The molecule has 1 amide bonds. The monoisotopic (exact) mass is 491 g/mol. The van der Waals surface area contributed by atoms with Gasteiger partial charge in [0.1, 0.15) is 5.69 Å². The molecule has 182 valence electrons. The molecule has 0 saturated carbocycles. The van der Waals surface area contributed by atoms with Crippen LogP contribution in [-0.2, 0) is 21.2 Å². The molecule has 1 unspecified atom stereocenters. The zero-order valence-corrected chi connectivity index (χ0v) is 20.5. The van der Waals surface area contributed by atoms with Crippen molar-refractivity contribution in [3.8, 4) is 0 Å². The molecule has 0 aliphatic heterocycles. The van der Waals surface area contributed by atoms with Crippen LogP contribution in [0.4, 0.5) is 0 Å². The Balaban J connectivity index is 1.65. The van der Waals surface area contributed by atoms with Crippen molar-refractivity contribution in [2.45, 2.75) is 37.3 Å². The van der Waals surface area contributed by atoms with Crippen LogP contribution >= 0.6 is 0 Å². The highest BCUT2D eigenvalue weighted by molar-refractivity contribution is 7.90. The standard InChI is InChI=1S/C27H29N3O4S/c1-19(34-17-20-9-4-3-5-10-20)24(30-27(31)25-16-28-18-29-25)15-26(35(2,32)33)23-14-8-12-21-11-6-7-13-22(21)23/h3-14,16,18-19,24,26H,15,17H2,1-2H3,(H,28,29)(H,30,31)/t19-,24+,26?/m0/s1. The summed E-state index contributed by atoms with van der Waals surface area (Å²) in [5.74, 6) is -0.368. The molecule has 8 heteroatoms. The normalized spacial score (nSPS) is 14.3. The Morgan fingerprint density at radius 2 is 1.74 bits per heavy atom. The van der Waals surface area contributed by atoms with Crippen molar-refractivity contribution in [2.75, 3.05) is 6.26 Å². The molecule has 2 N–H and O–H groups in total. The predicted octanol–water partition coefficient (Wildman–Crippen LogP) is 4.44. The van der Waals surface area contributed by atoms with E-state index in [-0.39, 0.29) is 12.3 Å². The van der Waals surface area contributed by atoms with Gasteiger partial charge in [0.15, 0.2) is 9.84 Å². The molecule has 0 radical (unpaired) electrons. The van der Waals surface area contributed by atoms with E-state index in [4.69, 9.17) is 4.74 Å². The summed E-state index contributed by atoms with van der Waals surface area (Å²) < 4.78 is 32.2. The van der Waals surface area contributed by atoms with Crippen LogP contribution < -0.4 is 5.32 Å². The van der Waals surface area contributed by atoms with Crippen LogP contribution in [0.25, 0.3) is 10.8 Å². The fourth-order valence-electron chi connectivity index (χ4n) is 4.21. The first-order chi connectivity index (χ1) is 16.8. The van der Waals surface area contributed by atoms with Crippen LogP contribution in [0.5, 0.6) is 0 Å². The lowest BCUT2D eigenvalue weighted by Crippen LogP contribution is -2.45. The van der Waals surface area contributed by atoms with E-state index in [1.807, 2.05) is 79.7 Å². The molecule has 0 aliphatic rings. The molecule has 0 aliphatic carbocycles. The molecule has 4 rings (SSSR count). The number of rotatable bonds is 10. The summed E-state index contributed by atoms with van der Waals surface area (Å²) in [6.45, 7) is 2.19. The average Bonchev–Trinajstić information content (AvgIpc) is 3.40. The van der Waals surface area contributed by atoms with Crippen molar-refractivity contribution in [3.05, 3.63) is 102 Å². The number of H-pyrrole nitrogens is 1. The number of nitrogens with zero attached hydrogens (tertiary/aromatic N) is 1. The molecular formula is C27H29N3O4S. The van der Waals surface area contributed by atoms with Crippen LogP contribution in [0.3, 0.4) is 0 Å². The second kappa shape index (κ2) is 10.8. The van der Waals surface area contributed by atoms with E-state index in [1.165, 1.54) is 18.8 Å². The Hall–Kier alpha value is -3.49. The number of sulfone groups is 1. The molecular weight excluding hydrogens is 462 g/mol. The summed E-state index contributed by atoms with van der Waals surface area (Å²) in [6.07, 6.45) is 3.79. The van der Waals surface area contributed by atoms with Gasteiger partial charge in [-0.2, -0.15) is 0 Å². The van der Waals surface area contributed by atoms with E-state index >= 15 is 0 Å². The summed E-state index contributed by atoms with van der Waals surface area (Å²) in [5, 5.41) is 3.99. The van der Waals surface area contributed by atoms with Crippen LogP contribution in [0.1, 0.15) is 40.2 Å². The number of aromatic nitrogens is 2. The van der Waals surface area contributed by atoms with Gasteiger partial charge in [0.25, 0.3) is 5.91 Å². The molecule has 1 aromatic heterocycles. The van der Waals surface area contributed by atoms with Crippen molar-refractivity contribution in [1.29, 1.82) is 0 Å². The van der Waals surface area contributed by atoms with Crippen molar-refractivity contribution >= 4 is 26.5 Å². The largest absolute Gasteiger partial charge is 0.372 e. The third-order valence-corrected chi connectivity index (χ3v) is 7.62. The number of hydrogen-bond acceptors (Lipinski definition) is 5. The lowest BCUT2D eigenvalue weighted by Gasteiger charge is -2.29. The quantitative estimate of drug-likeness (QED) is 0.341. The zero-order valence-electron chi connectivity index (χ0n) is 19.7. The minimum Gasteiger partial charge on any atom is -0.372 e. The summed E-state index contributed by atoms with van der Waals surface area (Å²) >= 11 is 0. The first kappa shape index (κ1) is 24.6. The Labute approximate surface area is 205 Å². The molecule has 0 saturated heterocycles. The van der Waals surface area contributed by atoms with Crippen LogP contribution in [-0.4, -0.2) is 42.7 Å². The maximum Gasteiger partial charge on any atom is 0.269 e. The Morgan fingerprint density at radius 1 is 1.03 bits per heavy atom. The van der Waals surface area contributed by atoms with Crippen molar-refractivity contribution in [2.24, 2.45) is 0 Å². The number of carbonyl (C=O) groups is 1. The molecule has 35 heavy (non-hydrogen) atoms. The van der Waals surface area contributed by atoms with Crippen LogP contribution in [0.2, 0.25) is 0 Å². The number of hydrogen-bond donors (Lipinski definition) is 2. The van der Waals surface area contributed by atoms with E-state index in [0.717, 1.165) is 16.3 Å². The lowest BCUT2D eigenvalue weighted by atomic mass is 9.96. The van der Waals surface area contributed by atoms with Gasteiger partial charge in [-0.05, 0) is 35.2 Å². The van der Waals surface area contributed by atoms with Crippen molar-refractivity contribution < 1.29 is 17.9 Å². The number of imidazole rings is 1. The highest BCUT2D eigenvalue weighted by Crippen LogP contribution is 2.33. The second-order valence-electron chi connectivity index (χ2n) is 8.67. The van der Waals surface area contributed by atoms with Crippen LogP contribution in [0, 0.1) is 0 Å². The second-order valence-corrected chi connectivity index (χ2v) is 10.9. The fourth-order valence-corrected chi connectivity index (χ4v) is 5.43. The van der Waals surface area contributed by atoms with E-state index in [0.29, 0.717) is 17.9 Å². The molecule has 0 fully saturated rings. The highest BCUT2D eigenvalue weighted by Gasteiger charge is 2.32. The van der Waals surface area contributed by atoms with Gasteiger partial charge in [0, 0.05) is 6.26 Å². The minimum atomic E-state index is -3.52. The maximum absolute atomic E-state index is 13.1. The first-order valence-corrected chi connectivity index (χ1v) is 13.4. The number of fused-ring (bicyclic) bond motifs is 1. The fraction of sp³-hybridized carbons (Fsp3) is 0.259. The van der Waals surface area contributed by atoms with Gasteiger partial charge in [-0.25, -0.2) is 13.4 Å². The van der Waals surface area contributed by atoms with E-state index < -0.39 is 27.2 Å². The first-order valence-electron chi connectivity index (χ1n) is 11.4. The third-order valence-electron chi connectivity index (χ3n) is 6.14. The molecule has 3 atom stereocenters. The smallest absolute Gasteiger partial charge is 0.269 e. The number of aromatic amines is 1. The summed E-state index contributed by atoms with van der Waals surface area (Å²) in [4.78, 5) is 19.6. The van der Waals surface area contributed by atoms with Crippen molar-refractivity contribution in [1.82, 2.24) is 15.3 Å². The molecule has 1 heterocycles. The van der Waals surface area contributed by atoms with Gasteiger partial charge in [-0.1, -0.05) is 72.8 Å². The third kappa shape index (κ3) is 6.15. The molecule has 0 spiro atoms.